The van der Waals surface area contributed by atoms with Gasteiger partial charge in [0.2, 0.25) is 0 Å². The zero-order chi connectivity index (χ0) is 16.1. The summed E-state index contributed by atoms with van der Waals surface area (Å²) in [5.41, 5.74) is 2.21. The Bertz CT molecular complexity index is 639. The van der Waals surface area contributed by atoms with E-state index in [4.69, 9.17) is 5.11 Å². The van der Waals surface area contributed by atoms with Gasteiger partial charge in [-0.25, -0.2) is 4.98 Å². The molecule has 0 radical (unpaired) electrons. The summed E-state index contributed by atoms with van der Waals surface area (Å²) in [6.07, 6.45) is 5.25. The van der Waals surface area contributed by atoms with E-state index >= 15 is 0 Å². The molecule has 23 heavy (non-hydrogen) atoms. The first-order valence-electron chi connectivity index (χ1n) is 8.24. The first kappa shape index (κ1) is 15.7. The molecule has 1 saturated heterocycles. The number of imidazole rings is 1. The van der Waals surface area contributed by atoms with Crippen LogP contribution >= 0.6 is 0 Å². The lowest BCUT2D eigenvalue weighted by Gasteiger charge is -2.32. The Kier molecular flexibility index (Phi) is 5.08. The van der Waals surface area contributed by atoms with Crippen molar-refractivity contribution in [2.45, 2.75) is 32.2 Å². The topological polar surface area (TPSA) is 69.2 Å². The Hall–Kier alpha value is -2.14. The van der Waals surface area contributed by atoms with Gasteiger partial charge < -0.3 is 10.1 Å². The van der Waals surface area contributed by atoms with Crippen LogP contribution in [0.25, 0.3) is 11.4 Å². The monoisotopic (exact) mass is 313 g/mol. The molecule has 5 nitrogen and oxygen atoms in total. The van der Waals surface area contributed by atoms with E-state index in [0.717, 1.165) is 56.0 Å². The summed E-state index contributed by atoms with van der Waals surface area (Å²) in [4.78, 5) is 21.0. The molecular formula is C18H23N3O2. The molecule has 122 valence electrons. The second kappa shape index (κ2) is 7.42. The summed E-state index contributed by atoms with van der Waals surface area (Å²) >= 11 is 0. The van der Waals surface area contributed by atoms with Gasteiger partial charge >= 0.3 is 5.97 Å². The number of hydrogen-bond acceptors (Lipinski definition) is 3. The second-order valence-corrected chi connectivity index (χ2v) is 6.30. The van der Waals surface area contributed by atoms with Crippen molar-refractivity contribution in [2.75, 3.05) is 13.1 Å². The standard InChI is InChI=1S/C18H23N3O2/c22-17(23)9-8-14-5-4-10-21(12-14)13-16-11-19-18(20-16)15-6-2-1-3-7-15/h1-3,6-7,11,14H,4-5,8-10,12-13H2,(H,19,20)(H,22,23). The van der Waals surface area contributed by atoms with Crippen molar-refractivity contribution in [2.24, 2.45) is 5.92 Å². The van der Waals surface area contributed by atoms with Gasteiger partial charge in [-0.15, -0.1) is 0 Å². The molecule has 0 amide bonds. The SMILES string of the molecule is O=C(O)CCC1CCCN(Cc2cnc(-c3ccccc3)[nH]2)C1. The van der Waals surface area contributed by atoms with Crippen LogP contribution in [0.5, 0.6) is 0 Å². The maximum absolute atomic E-state index is 10.7. The van der Waals surface area contributed by atoms with Gasteiger partial charge in [0.25, 0.3) is 0 Å². The van der Waals surface area contributed by atoms with E-state index in [2.05, 4.69) is 14.9 Å². The van der Waals surface area contributed by atoms with E-state index in [9.17, 15) is 4.79 Å². The van der Waals surface area contributed by atoms with Crippen molar-refractivity contribution >= 4 is 5.97 Å². The van der Waals surface area contributed by atoms with Crippen molar-refractivity contribution in [3.05, 3.63) is 42.2 Å². The smallest absolute Gasteiger partial charge is 0.303 e. The highest BCUT2D eigenvalue weighted by Gasteiger charge is 2.21. The minimum absolute atomic E-state index is 0.278. The normalized spacial score (nSPS) is 18.9. The minimum Gasteiger partial charge on any atom is -0.481 e. The predicted molar refractivity (Wildman–Crippen MR) is 88.9 cm³/mol. The molecule has 2 N–H and O–H groups in total. The molecule has 2 heterocycles. The zero-order valence-corrected chi connectivity index (χ0v) is 13.2. The van der Waals surface area contributed by atoms with E-state index in [-0.39, 0.29) is 6.42 Å². The van der Waals surface area contributed by atoms with E-state index in [0.29, 0.717) is 5.92 Å². The van der Waals surface area contributed by atoms with Crippen LogP contribution in [-0.4, -0.2) is 39.0 Å². The van der Waals surface area contributed by atoms with Gasteiger partial charge in [0.05, 0.1) is 0 Å². The summed E-state index contributed by atoms with van der Waals surface area (Å²) in [5.74, 6) is 0.708. The Labute approximate surface area is 136 Å². The van der Waals surface area contributed by atoms with Crippen LogP contribution in [0.1, 0.15) is 31.4 Å². The number of hydrogen-bond donors (Lipinski definition) is 2. The molecule has 0 aliphatic carbocycles. The van der Waals surface area contributed by atoms with Crippen LogP contribution in [0.3, 0.4) is 0 Å². The molecular weight excluding hydrogens is 290 g/mol. The summed E-state index contributed by atoms with van der Waals surface area (Å²) in [5, 5.41) is 8.83. The number of piperidine rings is 1. The molecule has 1 aromatic heterocycles. The number of aromatic nitrogens is 2. The highest BCUT2D eigenvalue weighted by molar-refractivity contribution is 5.66. The highest BCUT2D eigenvalue weighted by atomic mass is 16.4. The number of H-pyrrole nitrogens is 1. The molecule has 0 saturated carbocycles. The Morgan fingerprint density at radius 3 is 2.96 bits per heavy atom. The summed E-state index contributed by atoms with van der Waals surface area (Å²) < 4.78 is 0. The van der Waals surface area contributed by atoms with Crippen molar-refractivity contribution in [3.8, 4) is 11.4 Å². The van der Waals surface area contributed by atoms with E-state index in [1.165, 1.54) is 0 Å². The molecule has 1 atom stereocenters. The van der Waals surface area contributed by atoms with E-state index in [1.54, 1.807) is 0 Å². The minimum atomic E-state index is -0.691. The molecule has 1 aromatic carbocycles. The van der Waals surface area contributed by atoms with Gasteiger partial charge in [0.1, 0.15) is 5.82 Å². The maximum Gasteiger partial charge on any atom is 0.303 e. The van der Waals surface area contributed by atoms with Gasteiger partial charge in [-0.1, -0.05) is 30.3 Å². The number of carboxylic acid groups (broad SMARTS) is 1. The lowest BCUT2D eigenvalue weighted by Crippen LogP contribution is -2.35. The van der Waals surface area contributed by atoms with Crippen LogP contribution in [0.4, 0.5) is 0 Å². The Morgan fingerprint density at radius 1 is 1.35 bits per heavy atom. The van der Waals surface area contributed by atoms with Crippen LogP contribution in [0, 0.1) is 5.92 Å². The van der Waals surface area contributed by atoms with Crippen LogP contribution in [0.2, 0.25) is 0 Å². The third-order valence-corrected chi connectivity index (χ3v) is 4.44. The quantitative estimate of drug-likeness (QED) is 0.859. The molecule has 1 aliphatic rings. The van der Waals surface area contributed by atoms with Crippen molar-refractivity contribution in [1.82, 2.24) is 14.9 Å². The fourth-order valence-corrected chi connectivity index (χ4v) is 3.28. The number of aliphatic carboxylic acids is 1. The number of benzene rings is 1. The number of carbonyl (C=O) groups is 1. The fraction of sp³-hybridized carbons (Fsp3) is 0.444. The lowest BCUT2D eigenvalue weighted by atomic mass is 9.93. The third kappa shape index (κ3) is 4.42. The van der Waals surface area contributed by atoms with Gasteiger partial charge in [-0.2, -0.15) is 0 Å². The number of nitrogens with zero attached hydrogens (tertiary/aromatic N) is 2. The zero-order valence-electron chi connectivity index (χ0n) is 13.2. The van der Waals surface area contributed by atoms with Crippen LogP contribution < -0.4 is 0 Å². The fourth-order valence-electron chi connectivity index (χ4n) is 3.28. The van der Waals surface area contributed by atoms with Gasteiger partial charge in [0.15, 0.2) is 0 Å². The summed E-state index contributed by atoms with van der Waals surface area (Å²) in [7, 11) is 0. The van der Waals surface area contributed by atoms with Crippen molar-refractivity contribution in [3.63, 3.8) is 0 Å². The molecule has 5 heteroatoms. The van der Waals surface area contributed by atoms with Crippen molar-refractivity contribution in [1.29, 1.82) is 0 Å². The Morgan fingerprint density at radius 2 is 2.17 bits per heavy atom. The number of aromatic amines is 1. The second-order valence-electron chi connectivity index (χ2n) is 6.30. The van der Waals surface area contributed by atoms with Gasteiger partial charge in [-0.3, -0.25) is 9.69 Å². The summed E-state index contributed by atoms with van der Waals surface area (Å²) in [6.45, 7) is 2.90. The van der Waals surface area contributed by atoms with Gasteiger partial charge in [0, 0.05) is 37.0 Å². The first-order valence-corrected chi connectivity index (χ1v) is 8.24. The molecule has 1 aliphatic heterocycles. The molecule has 1 unspecified atom stereocenters. The Balaban J connectivity index is 1.57. The number of carboxylic acids is 1. The molecule has 2 aromatic rings. The molecule has 0 bridgehead atoms. The maximum atomic E-state index is 10.7. The third-order valence-electron chi connectivity index (χ3n) is 4.44. The number of likely N-dealkylation sites (tertiary alicyclic amines) is 1. The summed E-state index contributed by atoms with van der Waals surface area (Å²) in [6, 6.07) is 10.1. The average molecular weight is 313 g/mol. The highest BCUT2D eigenvalue weighted by Crippen LogP contribution is 2.23. The molecule has 0 spiro atoms. The molecule has 1 fully saturated rings. The van der Waals surface area contributed by atoms with E-state index < -0.39 is 5.97 Å². The average Bonchev–Trinajstić information content (AvgIpc) is 3.03. The van der Waals surface area contributed by atoms with E-state index in [1.807, 2.05) is 36.5 Å². The number of nitrogens with one attached hydrogen (secondary N) is 1. The number of rotatable bonds is 6. The predicted octanol–water partition coefficient (Wildman–Crippen LogP) is 3.15. The van der Waals surface area contributed by atoms with Crippen molar-refractivity contribution < 1.29 is 9.90 Å². The van der Waals surface area contributed by atoms with Crippen LogP contribution in [0.15, 0.2) is 36.5 Å². The van der Waals surface area contributed by atoms with Gasteiger partial charge in [-0.05, 0) is 31.7 Å². The molecule has 3 rings (SSSR count). The van der Waals surface area contributed by atoms with Crippen LogP contribution in [-0.2, 0) is 11.3 Å². The lowest BCUT2D eigenvalue weighted by molar-refractivity contribution is -0.137. The first-order chi connectivity index (χ1) is 11.2. The largest absolute Gasteiger partial charge is 0.481 e.